The highest BCUT2D eigenvalue weighted by Crippen LogP contribution is 2.18. The Hall–Kier alpha value is -1.86. The van der Waals surface area contributed by atoms with Crippen LogP contribution in [0.25, 0.3) is 11.0 Å². The van der Waals surface area contributed by atoms with Gasteiger partial charge in [-0.05, 0) is 37.1 Å². The fourth-order valence-electron chi connectivity index (χ4n) is 1.71. The molecule has 2 N–H and O–H groups in total. The predicted molar refractivity (Wildman–Crippen MR) is 62.8 cm³/mol. The van der Waals surface area contributed by atoms with Gasteiger partial charge in [-0.15, -0.1) is 0 Å². The Morgan fingerprint density at radius 1 is 1.44 bits per heavy atom. The van der Waals surface area contributed by atoms with Crippen molar-refractivity contribution < 1.29 is 0 Å². The van der Waals surface area contributed by atoms with E-state index in [0.29, 0.717) is 6.54 Å². The van der Waals surface area contributed by atoms with Gasteiger partial charge in [-0.25, -0.2) is 4.98 Å². The summed E-state index contributed by atoms with van der Waals surface area (Å²) in [6.45, 7) is 4.61. The molecular formula is C12H14N4. The van der Waals surface area contributed by atoms with Gasteiger partial charge >= 0.3 is 0 Å². The molecule has 2 aromatic rings. The molecule has 16 heavy (non-hydrogen) atoms. The summed E-state index contributed by atoms with van der Waals surface area (Å²) in [5.74, 6) is 0. The number of hydrogen-bond acceptors (Lipinski definition) is 3. The fourth-order valence-corrected chi connectivity index (χ4v) is 1.71. The van der Waals surface area contributed by atoms with E-state index in [2.05, 4.69) is 31.0 Å². The van der Waals surface area contributed by atoms with Crippen molar-refractivity contribution in [3.63, 3.8) is 0 Å². The van der Waals surface area contributed by atoms with Crippen molar-refractivity contribution >= 4 is 11.0 Å². The van der Waals surface area contributed by atoms with Crippen LogP contribution >= 0.6 is 0 Å². The summed E-state index contributed by atoms with van der Waals surface area (Å²) in [6.07, 6.45) is 1.74. The van der Waals surface area contributed by atoms with Gasteiger partial charge in [-0.3, -0.25) is 0 Å². The minimum Gasteiger partial charge on any atom is -0.328 e. The second-order valence-electron chi connectivity index (χ2n) is 4.06. The van der Waals surface area contributed by atoms with Gasteiger partial charge in [0.15, 0.2) is 0 Å². The number of aromatic nitrogens is 2. The largest absolute Gasteiger partial charge is 0.328 e. The van der Waals surface area contributed by atoms with Crippen molar-refractivity contribution in [2.24, 2.45) is 5.73 Å². The molecule has 1 atom stereocenters. The minimum atomic E-state index is -0.487. The van der Waals surface area contributed by atoms with E-state index >= 15 is 0 Å². The Bertz CT molecular complexity index is 562. The van der Waals surface area contributed by atoms with Crippen LogP contribution in [-0.2, 0) is 6.54 Å². The number of nitriles is 1. The van der Waals surface area contributed by atoms with E-state index in [1.165, 1.54) is 11.1 Å². The van der Waals surface area contributed by atoms with Gasteiger partial charge in [0.05, 0.1) is 30.0 Å². The number of rotatable bonds is 2. The molecule has 1 heterocycles. The summed E-state index contributed by atoms with van der Waals surface area (Å²) in [6, 6.07) is 5.68. The summed E-state index contributed by atoms with van der Waals surface area (Å²) < 4.78 is 1.93. The highest BCUT2D eigenvalue weighted by Gasteiger charge is 2.07. The van der Waals surface area contributed by atoms with E-state index in [9.17, 15) is 0 Å². The molecule has 0 aliphatic heterocycles. The van der Waals surface area contributed by atoms with Crippen LogP contribution in [0.4, 0.5) is 0 Å². The van der Waals surface area contributed by atoms with Gasteiger partial charge in [0.25, 0.3) is 0 Å². The van der Waals surface area contributed by atoms with Crippen LogP contribution in [0.5, 0.6) is 0 Å². The second-order valence-corrected chi connectivity index (χ2v) is 4.06. The third kappa shape index (κ3) is 1.77. The molecule has 82 valence electrons. The molecule has 0 spiro atoms. The zero-order valence-electron chi connectivity index (χ0n) is 9.44. The summed E-state index contributed by atoms with van der Waals surface area (Å²) >= 11 is 0. The van der Waals surface area contributed by atoms with Gasteiger partial charge in [0.1, 0.15) is 6.04 Å². The first kappa shape index (κ1) is 10.7. The second kappa shape index (κ2) is 3.95. The summed E-state index contributed by atoms with van der Waals surface area (Å²) in [7, 11) is 0. The van der Waals surface area contributed by atoms with E-state index in [-0.39, 0.29) is 0 Å². The van der Waals surface area contributed by atoms with Crippen LogP contribution in [0.1, 0.15) is 11.1 Å². The molecule has 0 amide bonds. The van der Waals surface area contributed by atoms with E-state index in [1.807, 2.05) is 10.6 Å². The van der Waals surface area contributed by atoms with E-state index in [0.717, 1.165) is 11.0 Å². The Labute approximate surface area is 94.3 Å². The SMILES string of the molecule is Cc1cc2ncn(CC(N)C#N)c2cc1C. The first-order valence-corrected chi connectivity index (χ1v) is 5.19. The summed E-state index contributed by atoms with van der Waals surface area (Å²) in [5.41, 5.74) is 10.0. The van der Waals surface area contributed by atoms with Crippen LogP contribution in [0.2, 0.25) is 0 Å². The molecule has 1 aromatic heterocycles. The van der Waals surface area contributed by atoms with E-state index in [4.69, 9.17) is 11.0 Å². The van der Waals surface area contributed by atoms with Gasteiger partial charge in [0.2, 0.25) is 0 Å². The van der Waals surface area contributed by atoms with Gasteiger partial charge in [-0.1, -0.05) is 0 Å². The van der Waals surface area contributed by atoms with Crippen molar-refractivity contribution in [1.29, 1.82) is 5.26 Å². The molecule has 4 nitrogen and oxygen atoms in total. The normalized spacial score (nSPS) is 12.6. The number of imidazole rings is 1. The van der Waals surface area contributed by atoms with Crippen LogP contribution in [-0.4, -0.2) is 15.6 Å². The fraction of sp³-hybridized carbons (Fsp3) is 0.333. The van der Waals surface area contributed by atoms with Crippen molar-refractivity contribution in [3.8, 4) is 6.07 Å². The molecule has 1 aromatic carbocycles. The standard InChI is InChI=1S/C12H14N4/c1-8-3-11-12(4-9(8)2)16(7-15-11)6-10(14)5-13/h3-4,7,10H,6,14H2,1-2H3. The van der Waals surface area contributed by atoms with Gasteiger partial charge in [-0.2, -0.15) is 5.26 Å². The zero-order valence-corrected chi connectivity index (χ0v) is 9.44. The molecule has 2 rings (SSSR count). The number of nitrogens with two attached hydrogens (primary N) is 1. The van der Waals surface area contributed by atoms with Crippen molar-refractivity contribution in [2.45, 2.75) is 26.4 Å². The van der Waals surface area contributed by atoms with Crippen LogP contribution < -0.4 is 5.73 Å². The number of hydrogen-bond donors (Lipinski definition) is 1. The Morgan fingerprint density at radius 2 is 2.12 bits per heavy atom. The minimum absolute atomic E-state index is 0.482. The topological polar surface area (TPSA) is 67.6 Å². The maximum atomic E-state index is 8.70. The maximum Gasteiger partial charge on any atom is 0.111 e. The van der Waals surface area contributed by atoms with Gasteiger partial charge in [0, 0.05) is 0 Å². The maximum absolute atomic E-state index is 8.70. The number of aryl methyl sites for hydroxylation is 2. The highest BCUT2D eigenvalue weighted by molar-refractivity contribution is 5.77. The molecule has 0 bridgehead atoms. The monoisotopic (exact) mass is 214 g/mol. The Morgan fingerprint density at radius 3 is 2.81 bits per heavy atom. The molecule has 0 saturated carbocycles. The molecule has 0 aliphatic carbocycles. The highest BCUT2D eigenvalue weighted by atomic mass is 15.1. The molecule has 0 radical (unpaired) electrons. The van der Waals surface area contributed by atoms with Crippen molar-refractivity contribution in [1.82, 2.24) is 9.55 Å². The Balaban J connectivity index is 2.49. The lowest BCUT2D eigenvalue weighted by Gasteiger charge is -2.06. The lowest BCUT2D eigenvalue weighted by Crippen LogP contribution is -2.23. The van der Waals surface area contributed by atoms with Crippen molar-refractivity contribution in [2.75, 3.05) is 0 Å². The molecule has 4 heteroatoms. The first-order valence-electron chi connectivity index (χ1n) is 5.19. The van der Waals surface area contributed by atoms with Crippen molar-refractivity contribution in [3.05, 3.63) is 29.6 Å². The number of fused-ring (bicyclic) bond motifs is 1. The molecule has 1 unspecified atom stereocenters. The zero-order chi connectivity index (χ0) is 11.7. The van der Waals surface area contributed by atoms with Gasteiger partial charge < -0.3 is 10.3 Å². The summed E-state index contributed by atoms with van der Waals surface area (Å²) in [5, 5.41) is 8.70. The van der Waals surface area contributed by atoms with Crippen LogP contribution in [0, 0.1) is 25.2 Å². The average molecular weight is 214 g/mol. The lowest BCUT2D eigenvalue weighted by atomic mass is 10.1. The van der Waals surface area contributed by atoms with Crippen LogP contribution in [0.15, 0.2) is 18.5 Å². The third-order valence-corrected chi connectivity index (χ3v) is 2.80. The number of benzene rings is 1. The van der Waals surface area contributed by atoms with E-state index < -0.39 is 6.04 Å². The quantitative estimate of drug-likeness (QED) is 0.823. The molecule has 0 fully saturated rings. The average Bonchev–Trinajstić information content (AvgIpc) is 2.62. The smallest absolute Gasteiger partial charge is 0.111 e. The molecule has 0 aliphatic rings. The molecule has 0 saturated heterocycles. The lowest BCUT2D eigenvalue weighted by molar-refractivity contribution is 0.652. The first-order chi connectivity index (χ1) is 7.61. The predicted octanol–water partition coefficient (Wildman–Crippen LogP) is 1.50. The van der Waals surface area contributed by atoms with E-state index in [1.54, 1.807) is 6.33 Å². The molecular weight excluding hydrogens is 200 g/mol. The third-order valence-electron chi connectivity index (χ3n) is 2.80. The van der Waals surface area contributed by atoms with Crippen LogP contribution in [0.3, 0.4) is 0 Å². The Kier molecular flexibility index (Phi) is 2.63. The summed E-state index contributed by atoms with van der Waals surface area (Å²) in [4.78, 5) is 4.31. The number of nitrogens with zero attached hydrogens (tertiary/aromatic N) is 3.